The lowest BCUT2D eigenvalue weighted by Gasteiger charge is -2.18. The topological polar surface area (TPSA) is 141 Å². The fraction of sp³-hybridized carbons (Fsp3) is 0.333. The molecule has 0 radical (unpaired) electrons. The van der Waals surface area contributed by atoms with Crippen molar-refractivity contribution in [1.29, 1.82) is 0 Å². The van der Waals surface area contributed by atoms with Gasteiger partial charge in [-0.2, -0.15) is 0 Å². The number of amides is 2. The molecule has 0 aliphatic carbocycles. The molecule has 1 aromatic carbocycles. The molecule has 0 spiro atoms. The first-order chi connectivity index (χ1) is 18.3. The van der Waals surface area contributed by atoms with Crippen molar-refractivity contribution in [3.8, 4) is 11.3 Å². The van der Waals surface area contributed by atoms with E-state index in [0.717, 1.165) is 0 Å². The molecule has 0 atom stereocenters. The largest absolute Gasteiger partial charge is 0.489 e. The summed E-state index contributed by atoms with van der Waals surface area (Å²) in [6.45, 7) is 10.3. The van der Waals surface area contributed by atoms with Gasteiger partial charge in [-0.3, -0.25) is 9.59 Å². The van der Waals surface area contributed by atoms with Crippen LogP contribution in [0.5, 0.6) is 0 Å². The summed E-state index contributed by atoms with van der Waals surface area (Å²) in [7, 11) is 3.49. The van der Waals surface area contributed by atoms with E-state index in [1.54, 1.807) is 43.3 Å². The molecule has 0 unspecified atom stereocenters. The van der Waals surface area contributed by atoms with Gasteiger partial charge in [0.05, 0.1) is 44.0 Å². The third-order valence-electron chi connectivity index (χ3n) is 5.62. The van der Waals surface area contributed by atoms with E-state index in [9.17, 15) is 9.59 Å². The van der Waals surface area contributed by atoms with Crippen LogP contribution in [-0.4, -0.2) is 86.9 Å². The van der Waals surface area contributed by atoms with E-state index in [2.05, 4.69) is 33.8 Å². The Morgan fingerprint density at radius 2 is 1.79 bits per heavy atom. The van der Waals surface area contributed by atoms with Gasteiger partial charge in [0.2, 0.25) is 0 Å². The molecule has 4 bridgehead atoms. The van der Waals surface area contributed by atoms with Crippen LogP contribution in [0, 0.1) is 0 Å². The fourth-order valence-electron chi connectivity index (χ4n) is 3.58. The lowest BCUT2D eigenvalue weighted by atomic mass is 10.1. The van der Waals surface area contributed by atoms with Crippen molar-refractivity contribution in [1.82, 2.24) is 25.5 Å². The molecule has 0 saturated carbocycles. The summed E-state index contributed by atoms with van der Waals surface area (Å²) in [6.07, 6.45) is 2.93. The number of carbonyl (C=O) groups excluding carboxylic acids is 2. The predicted molar refractivity (Wildman–Crippen MR) is 144 cm³/mol. The van der Waals surface area contributed by atoms with Crippen LogP contribution in [0.1, 0.15) is 20.8 Å². The molecule has 2 aromatic rings. The highest BCUT2D eigenvalue weighted by atomic mass is 16.5. The van der Waals surface area contributed by atoms with Crippen LogP contribution in [-0.2, 0) is 14.2 Å². The number of nitrogens with zero attached hydrogens (tertiary/aromatic N) is 3. The van der Waals surface area contributed by atoms with Crippen molar-refractivity contribution in [2.45, 2.75) is 0 Å². The highest BCUT2D eigenvalue weighted by Crippen LogP contribution is 2.21. The Labute approximate surface area is 222 Å². The van der Waals surface area contributed by atoms with Gasteiger partial charge in [-0.1, -0.05) is 25.3 Å². The van der Waals surface area contributed by atoms with Crippen LogP contribution in [0.4, 0.5) is 5.82 Å². The second-order valence-corrected chi connectivity index (χ2v) is 8.40. The molecule has 2 amide bonds. The van der Waals surface area contributed by atoms with Crippen molar-refractivity contribution < 1.29 is 23.8 Å². The number of rotatable bonds is 4. The number of fused-ring (bicyclic) bond motifs is 15. The molecule has 1 aromatic heterocycles. The average molecular weight is 523 g/mol. The van der Waals surface area contributed by atoms with E-state index < -0.39 is 5.91 Å². The lowest BCUT2D eigenvalue weighted by Crippen LogP contribution is -2.30. The summed E-state index contributed by atoms with van der Waals surface area (Å²) in [5.74, 6) is -0.409. The zero-order valence-corrected chi connectivity index (χ0v) is 21.8. The molecular formula is C27H34N6O5. The normalized spacial score (nSPS) is 18.1. The monoisotopic (exact) mass is 522 g/mol. The molecule has 202 valence electrons. The maximum absolute atomic E-state index is 13.2. The Hall–Kier alpha value is -4.06. The van der Waals surface area contributed by atoms with E-state index in [1.807, 2.05) is 0 Å². The Kier molecular flexibility index (Phi) is 10.5. The Bertz CT molecular complexity index is 1190. The number of nitrogens with two attached hydrogens (primary N) is 1. The minimum absolute atomic E-state index is 0.0373. The maximum Gasteiger partial charge on any atom is 0.278 e. The number of ether oxygens (including phenoxy) is 3. The van der Waals surface area contributed by atoms with Gasteiger partial charge in [0.1, 0.15) is 12.4 Å². The molecule has 2 aliphatic rings. The fourth-order valence-corrected chi connectivity index (χ4v) is 3.58. The van der Waals surface area contributed by atoms with E-state index in [-0.39, 0.29) is 30.6 Å². The molecule has 11 heteroatoms. The average Bonchev–Trinajstić information content (AvgIpc) is 2.92. The van der Waals surface area contributed by atoms with E-state index >= 15 is 0 Å². The van der Waals surface area contributed by atoms with Gasteiger partial charge >= 0.3 is 0 Å². The Balaban J connectivity index is 1.96. The third kappa shape index (κ3) is 7.48. The minimum atomic E-state index is -0.589. The molecule has 4 rings (SSSR count). The maximum atomic E-state index is 13.2. The first kappa shape index (κ1) is 28.5. The second kappa shape index (κ2) is 14.0. The second-order valence-electron chi connectivity index (χ2n) is 8.40. The number of likely N-dealkylation sites (N-methyl/N-ethyl adjacent to an activating group) is 2. The highest BCUT2D eigenvalue weighted by molar-refractivity contribution is 5.98. The molecule has 38 heavy (non-hydrogen) atoms. The standard InChI is InChI=1S/C27H34N6O5/c1-5-21-24(18(2)16-29-3)38-15-14-37-13-12-36-11-10-33(4)27(35)20-8-6-19(7-9-20)22-17-30-25(28)23(31-22)26(34)32-21/h5-9,17,29H,1-2,10-16H2,3-4H3,(H2,28,30)(H,32,34)/b24-21-. The zero-order chi connectivity index (χ0) is 27.5. The number of nitrogen functional groups attached to an aromatic ring is 1. The summed E-state index contributed by atoms with van der Waals surface area (Å²) in [5, 5.41) is 5.78. The van der Waals surface area contributed by atoms with Crippen molar-refractivity contribution in [3.05, 3.63) is 78.0 Å². The molecule has 4 N–H and O–H groups in total. The molecule has 0 saturated heterocycles. The van der Waals surface area contributed by atoms with Crippen LogP contribution in [0.3, 0.4) is 0 Å². The summed E-state index contributed by atoms with van der Waals surface area (Å²) in [5.41, 5.74) is 8.45. The summed E-state index contributed by atoms with van der Waals surface area (Å²) >= 11 is 0. The van der Waals surface area contributed by atoms with Crippen molar-refractivity contribution in [2.24, 2.45) is 0 Å². The number of allylic oxidation sites excluding steroid dienone is 1. The van der Waals surface area contributed by atoms with Gasteiger partial charge in [0.15, 0.2) is 11.5 Å². The van der Waals surface area contributed by atoms with E-state index in [0.29, 0.717) is 66.8 Å². The Morgan fingerprint density at radius 1 is 1.13 bits per heavy atom. The highest BCUT2D eigenvalue weighted by Gasteiger charge is 2.19. The first-order valence-corrected chi connectivity index (χ1v) is 12.1. The summed E-state index contributed by atoms with van der Waals surface area (Å²) < 4.78 is 17.1. The number of aromatic nitrogens is 2. The number of hydrogen-bond acceptors (Lipinski definition) is 9. The number of anilines is 1. The molecule has 2 aliphatic heterocycles. The SMILES string of the molecule is C=C/C1=C(\C(=C)CNC)OCCOCCOCCN(C)C(=O)c2ccc(cc2)-c2cnc(N)c(n2)C(=O)N1. The smallest absolute Gasteiger partial charge is 0.278 e. The van der Waals surface area contributed by atoms with Crippen LogP contribution < -0.4 is 16.4 Å². The first-order valence-electron chi connectivity index (χ1n) is 12.1. The van der Waals surface area contributed by atoms with Crippen LogP contribution in [0.25, 0.3) is 11.3 Å². The van der Waals surface area contributed by atoms with Gasteiger partial charge in [-0.15, -0.1) is 0 Å². The van der Waals surface area contributed by atoms with Gasteiger partial charge in [0, 0.05) is 36.8 Å². The van der Waals surface area contributed by atoms with Gasteiger partial charge in [0.25, 0.3) is 11.8 Å². The Morgan fingerprint density at radius 3 is 2.47 bits per heavy atom. The number of benzene rings is 1. The van der Waals surface area contributed by atoms with E-state index in [1.165, 1.54) is 12.3 Å². The third-order valence-corrected chi connectivity index (χ3v) is 5.62. The quantitative estimate of drug-likeness (QED) is 0.512. The summed E-state index contributed by atoms with van der Waals surface area (Å²) in [6, 6.07) is 6.88. The van der Waals surface area contributed by atoms with Crippen LogP contribution >= 0.6 is 0 Å². The molecule has 3 heterocycles. The van der Waals surface area contributed by atoms with Gasteiger partial charge < -0.3 is 35.5 Å². The van der Waals surface area contributed by atoms with E-state index in [4.69, 9.17) is 19.9 Å². The molecule has 0 fully saturated rings. The minimum Gasteiger partial charge on any atom is -0.489 e. The van der Waals surface area contributed by atoms with Crippen molar-refractivity contribution >= 4 is 17.6 Å². The number of carbonyl (C=O) groups is 2. The molecular weight excluding hydrogens is 488 g/mol. The van der Waals surface area contributed by atoms with Gasteiger partial charge in [-0.05, 0) is 25.3 Å². The predicted octanol–water partition coefficient (Wildman–Crippen LogP) is 1.76. The summed E-state index contributed by atoms with van der Waals surface area (Å²) in [4.78, 5) is 36.1. The number of nitrogens with one attached hydrogen (secondary N) is 2. The van der Waals surface area contributed by atoms with Crippen LogP contribution in [0.15, 0.2) is 66.7 Å². The van der Waals surface area contributed by atoms with Gasteiger partial charge in [-0.25, -0.2) is 9.97 Å². The molecule has 11 nitrogen and oxygen atoms in total. The number of hydrogen-bond donors (Lipinski definition) is 3. The zero-order valence-electron chi connectivity index (χ0n) is 21.8. The van der Waals surface area contributed by atoms with Crippen LogP contribution in [0.2, 0.25) is 0 Å². The van der Waals surface area contributed by atoms with Crippen molar-refractivity contribution in [3.63, 3.8) is 0 Å². The lowest BCUT2D eigenvalue weighted by molar-refractivity contribution is 0.0228. The van der Waals surface area contributed by atoms with Crippen molar-refractivity contribution in [2.75, 3.05) is 66.0 Å².